The van der Waals surface area contributed by atoms with Crippen molar-refractivity contribution in [3.8, 4) is 17.2 Å². The zero-order valence-electron chi connectivity index (χ0n) is 10.8. The first-order valence-electron chi connectivity index (χ1n) is 6.09. The lowest BCUT2D eigenvalue weighted by Crippen LogP contribution is -2.00. The van der Waals surface area contributed by atoms with E-state index in [4.69, 9.17) is 32.7 Å². The van der Waals surface area contributed by atoms with Crippen molar-refractivity contribution in [2.24, 2.45) is 0 Å². The van der Waals surface area contributed by atoms with Crippen molar-refractivity contribution in [1.82, 2.24) is 0 Å². The average Bonchev–Trinajstić information content (AvgIpc) is 2.81. The number of fused-ring (bicyclic) bond motifs is 1. The molecule has 0 N–H and O–H groups in total. The minimum atomic E-state index is -0.601. The number of hydrogen-bond acceptors (Lipinski definition) is 5. The summed E-state index contributed by atoms with van der Waals surface area (Å²) in [5.74, 6) is 0.527. The van der Waals surface area contributed by atoms with Crippen LogP contribution in [0.15, 0.2) is 30.3 Å². The Morgan fingerprint density at radius 3 is 2.50 bits per heavy atom. The molecule has 2 aromatic rings. The first kappa shape index (κ1) is 14.6. The lowest BCUT2D eigenvalue weighted by atomic mass is 10.1. The SMILES string of the molecule is O=C1Cc2ccc(Oc3c(Cl)cc([N+](=O)[O-])cc3Cl)cc2O1. The normalized spacial score (nSPS) is 12.7. The highest BCUT2D eigenvalue weighted by atomic mass is 35.5. The second-order valence-corrected chi connectivity index (χ2v) is 5.33. The van der Waals surface area contributed by atoms with Gasteiger partial charge in [-0.05, 0) is 6.07 Å². The van der Waals surface area contributed by atoms with Crippen LogP contribution in [0.3, 0.4) is 0 Å². The topological polar surface area (TPSA) is 78.7 Å². The minimum Gasteiger partial charge on any atom is -0.454 e. The molecule has 0 radical (unpaired) electrons. The van der Waals surface area contributed by atoms with Crippen LogP contribution in [0.5, 0.6) is 17.2 Å². The molecule has 6 nitrogen and oxygen atoms in total. The molecule has 0 atom stereocenters. The van der Waals surface area contributed by atoms with Gasteiger partial charge < -0.3 is 9.47 Å². The van der Waals surface area contributed by atoms with Crippen molar-refractivity contribution in [2.75, 3.05) is 0 Å². The van der Waals surface area contributed by atoms with Gasteiger partial charge in [-0.2, -0.15) is 0 Å². The van der Waals surface area contributed by atoms with Crippen LogP contribution in [-0.2, 0) is 11.2 Å². The first-order chi connectivity index (χ1) is 10.4. The van der Waals surface area contributed by atoms with Gasteiger partial charge in [0.1, 0.15) is 11.5 Å². The highest BCUT2D eigenvalue weighted by Gasteiger charge is 2.22. The molecule has 0 spiro atoms. The maximum Gasteiger partial charge on any atom is 0.315 e. The molecule has 22 heavy (non-hydrogen) atoms. The van der Waals surface area contributed by atoms with Gasteiger partial charge in [0, 0.05) is 23.8 Å². The number of ether oxygens (including phenoxy) is 2. The molecule has 1 heterocycles. The number of nitrogens with zero attached hydrogens (tertiary/aromatic N) is 1. The molecule has 0 aliphatic carbocycles. The molecule has 0 amide bonds. The maximum absolute atomic E-state index is 11.2. The van der Waals surface area contributed by atoms with Crippen molar-refractivity contribution in [1.29, 1.82) is 0 Å². The summed E-state index contributed by atoms with van der Waals surface area (Å²) in [7, 11) is 0. The Hall–Kier alpha value is -2.31. The van der Waals surface area contributed by atoms with E-state index in [2.05, 4.69) is 0 Å². The van der Waals surface area contributed by atoms with E-state index in [1.165, 1.54) is 6.07 Å². The lowest BCUT2D eigenvalue weighted by Gasteiger charge is -2.10. The number of nitro groups is 1. The predicted octanol–water partition coefficient (Wildman–Crippen LogP) is 4.16. The molecule has 112 valence electrons. The largest absolute Gasteiger partial charge is 0.454 e. The van der Waals surface area contributed by atoms with E-state index in [1.807, 2.05) is 0 Å². The van der Waals surface area contributed by atoms with E-state index in [0.29, 0.717) is 11.5 Å². The maximum atomic E-state index is 11.2. The summed E-state index contributed by atoms with van der Waals surface area (Å²) in [5, 5.41) is 10.8. The van der Waals surface area contributed by atoms with Gasteiger partial charge in [0.15, 0.2) is 5.75 Å². The van der Waals surface area contributed by atoms with E-state index in [9.17, 15) is 14.9 Å². The Labute approximate surface area is 134 Å². The Bertz CT molecular complexity index is 783. The summed E-state index contributed by atoms with van der Waals surface area (Å²) in [6.07, 6.45) is 0.217. The van der Waals surface area contributed by atoms with E-state index in [0.717, 1.165) is 17.7 Å². The molecular formula is C14H7Cl2NO5. The summed E-state index contributed by atoms with van der Waals surface area (Å²) >= 11 is 11.9. The number of hydrogen-bond donors (Lipinski definition) is 0. The molecule has 3 rings (SSSR count). The predicted molar refractivity (Wildman–Crippen MR) is 79.0 cm³/mol. The minimum absolute atomic E-state index is 0.0108. The number of benzene rings is 2. The molecule has 0 bridgehead atoms. The molecule has 0 fully saturated rings. The van der Waals surface area contributed by atoms with Crippen LogP contribution in [-0.4, -0.2) is 10.9 Å². The molecule has 0 aromatic heterocycles. The number of rotatable bonds is 3. The molecule has 0 saturated heterocycles. The second-order valence-electron chi connectivity index (χ2n) is 4.52. The van der Waals surface area contributed by atoms with Crippen LogP contribution in [0.1, 0.15) is 5.56 Å². The fraction of sp³-hybridized carbons (Fsp3) is 0.0714. The van der Waals surface area contributed by atoms with Crippen molar-refractivity contribution in [2.45, 2.75) is 6.42 Å². The lowest BCUT2D eigenvalue weighted by molar-refractivity contribution is -0.384. The molecule has 8 heteroatoms. The van der Waals surface area contributed by atoms with Gasteiger partial charge in [0.2, 0.25) is 0 Å². The van der Waals surface area contributed by atoms with Crippen LogP contribution in [0, 0.1) is 10.1 Å². The number of halogens is 2. The van der Waals surface area contributed by atoms with Gasteiger partial charge in [-0.15, -0.1) is 0 Å². The van der Waals surface area contributed by atoms with Gasteiger partial charge in [-0.25, -0.2) is 0 Å². The molecule has 1 aliphatic heterocycles. The second kappa shape index (κ2) is 5.47. The van der Waals surface area contributed by atoms with Gasteiger partial charge in [0.05, 0.1) is 21.4 Å². The quantitative estimate of drug-likeness (QED) is 0.363. The van der Waals surface area contributed by atoms with Crippen molar-refractivity contribution in [3.05, 3.63) is 56.1 Å². The average molecular weight is 340 g/mol. The smallest absolute Gasteiger partial charge is 0.315 e. The fourth-order valence-corrected chi connectivity index (χ4v) is 2.57. The van der Waals surface area contributed by atoms with Gasteiger partial charge in [-0.1, -0.05) is 29.3 Å². The van der Waals surface area contributed by atoms with Gasteiger partial charge in [-0.3, -0.25) is 14.9 Å². The summed E-state index contributed by atoms with van der Waals surface area (Å²) in [5.41, 5.74) is 0.531. The first-order valence-corrected chi connectivity index (χ1v) is 6.84. The molecule has 2 aromatic carbocycles. The molecule has 0 unspecified atom stereocenters. The van der Waals surface area contributed by atoms with Crippen LogP contribution < -0.4 is 9.47 Å². The monoisotopic (exact) mass is 339 g/mol. The summed E-state index contributed by atoms with van der Waals surface area (Å²) in [6.45, 7) is 0. The number of esters is 1. The van der Waals surface area contributed by atoms with E-state index in [1.54, 1.807) is 12.1 Å². The van der Waals surface area contributed by atoms with Crippen LogP contribution >= 0.6 is 23.2 Å². The fourth-order valence-electron chi connectivity index (χ4n) is 2.02. The molecule has 0 saturated carbocycles. The van der Waals surface area contributed by atoms with Crippen LogP contribution in [0.25, 0.3) is 0 Å². The highest BCUT2D eigenvalue weighted by molar-refractivity contribution is 6.37. The Kier molecular flexibility index (Phi) is 3.64. The Morgan fingerprint density at radius 2 is 1.86 bits per heavy atom. The van der Waals surface area contributed by atoms with Gasteiger partial charge in [0.25, 0.3) is 5.69 Å². The van der Waals surface area contributed by atoms with Crippen molar-refractivity contribution < 1.29 is 19.2 Å². The number of carbonyl (C=O) groups excluding carboxylic acids is 1. The zero-order chi connectivity index (χ0) is 15.9. The highest BCUT2D eigenvalue weighted by Crippen LogP contribution is 2.40. The van der Waals surface area contributed by atoms with Crippen molar-refractivity contribution in [3.63, 3.8) is 0 Å². The third-order valence-electron chi connectivity index (χ3n) is 3.01. The Morgan fingerprint density at radius 1 is 1.18 bits per heavy atom. The van der Waals surface area contributed by atoms with E-state index < -0.39 is 4.92 Å². The summed E-state index contributed by atoms with van der Waals surface area (Å²) in [6, 6.07) is 7.16. The van der Waals surface area contributed by atoms with E-state index in [-0.39, 0.29) is 33.9 Å². The van der Waals surface area contributed by atoms with Crippen molar-refractivity contribution >= 4 is 34.9 Å². The third kappa shape index (κ3) is 2.70. The molecule has 1 aliphatic rings. The summed E-state index contributed by atoms with van der Waals surface area (Å²) in [4.78, 5) is 21.3. The number of carbonyl (C=O) groups is 1. The van der Waals surface area contributed by atoms with Gasteiger partial charge >= 0.3 is 5.97 Å². The van der Waals surface area contributed by atoms with Crippen LogP contribution in [0.2, 0.25) is 10.0 Å². The zero-order valence-corrected chi connectivity index (χ0v) is 12.4. The summed E-state index contributed by atoms with van der Waals surface area (Å²) < 4.78 is 10.6. The Balaban J connectivity index is 1.93. The number of non-ortho nitro benzene ring substituents is 1. The molecular weight excluding hydrogens is 333 g/mol. The van der Waals surface area contributed by atoms with Crippen LogP contribution in [0.4, 0.5) is 5.69 Å². The van der Waals surface area contributed by atoms with E-state index >= 15 is 0 Å². The number of nitro benzene ring substituents is 1. The standard InChI is InChI=1S/C14H7Cl2NO5/c15-10-4-8(17(19)20)5-11(16)14(10)21-9-2-1-7-3-13(18)22-12(7)6-9/h1-2,4-6H,3H2. The third-order valence-corrected chi connectivity index (χ3v) is 3.57.